The summed E-state index contributed by atoms with van der Waals surface area (Å²) in [6.07, 6.45) is -27.5. The van der Waals surface area contributed by atoms with E-state index in [2.05, 4.69) is 47.3 Å². The zero-order valence-corrected chi connectivity index (χ0v) is 81.3. The number of hydrogen-bond donors (Lipinski definition) is 26. The number of ether oxygens (including phenoxy) is 12. The molecule has 0 spiro atoms. The first-order valence-electron chi connectivity index (χ1n) is 49.7. The van der Waals surface area contributed by atoms with Crippen LogP contribution in [0, 0.1) is 5.92 Å². The van der Waals surface area contributed by atoms with Gasteiger partial charge in [-0.25, -0.2) is 14.4 Å². The second-order valence-electron chi connectivity index (χ2n) is 37.8. The van der Waals surface area contributed by atoms with Crippen molar-refractivity contribution >= 4 is 47.3 Å². The van der Waals surface area contributed by atoms with Gasteiger partial charge in [-0.1, -0.05) is 179 Å². The lowest BCUT2D eigenvalue weighted by molar-refractivity contribution is -0.404. The van der Waals surface area contributed by atoms with Gasteiger partial charge in [0.15, 0.2) is 18.9 Å². The number of Topliss-reactive ketones (excluding diaryl/α,β-unsaturated/α-hetero) is 1. The number of nitrogens with one attached hydrogen (secondary N) is 4. The van der Waals surface area contributed by atoms with Crippen molar-refractivity contribution in [3.05, 3.63) is 24.3 Å². The molecule has 46 nitrogen and oxygen atoms in total. The summed E-state index contributed by atoms with van der Waals surface area (Å²) in [7, 11) is 0. The number of aliphatic hydroxyl groups excluding tert-OH is 19. The van der Waals surface area contributed by atoms with Crippen molar-refractivity contribution in [2.75, 3.05) is 46.2 Å². The first-order valence-corrected chi connectivity index (χ1v) is 49.7. The highest BCUT2D eigenvalue weighted by molar-refractivity contribution is 5.79. The molecule has 3 unspecified atom stereocenters. The number of aliphatic hydroxyl groups is 19. The van der Waals surface area contributed by atoms with Crippen LogP contribution in [0.3, 0.4) is 0 Å². The third-order valence-electron chi connectivity index (χ3n) is 26.4. The van der Waals surface area contributed by atoms with E-state index in [1.54, 1.807) is 6.08 Å². The molecule has 0 aliphatic carbocycles. The SMILES string of the molecule is CCCCCCCCC=CCCCCCCCCCCCC(=O)N[C@@H](CO[C@@H]1O[C@H](CO)[C@@H](O[C@@H]2O[C@H](CO)[C@H](O[C@@H]3O[C@H](CO)[C@H](O)[C@H](O)[C@H]3CC(C)=O)[C@H](O[C@]3(C(=O)O)C[C@H](O)[C@@H](NC(C)=O)C([C@H](O)[C@@H](CO)O[C@]4(C(=O)O)C[C@H](O)[C@@H](NC(C)=O)C([C@H](O)[C@@H](CO)O[C@]5(C(=O)O)C[C@H](O)[C@@H](NC(C)=O)C([C@H](O)[C@H](O)CO)O5)O4)O3)[C@H]2O)[C@H](O)[C@H]1O)[C@H](O)C=CCCCCCCCCCCCCC. The number of ketones is 1. The molecule has 0 saturated carbocycles. The van der Waals surface area contributed by atoms with Crippen LogP contribution in [0.15, 0.2) is 24.3 Å². The van der Waals surface area contributed by atoms with E-state index in [9.17, 15) is 151 Å². The average Bonchev–Trinajstić information content (AvgIpc) is 0.752. The smallest absolute Gasteiger partial charge is 0.364 e. The molecule has 0 aromatic carbocycles. The van der Waals surface area contributed by atoms with Crippen LogP contribution in [0.25, 0.3) is 0 Å². The highest BCUT2D eigenvalue weighted by Gasteiger charge is 2.65. The van der Waals surface area contributed by atoms with Crippen molar-refractivity contribution in [2.24, 2.45) is 5.92 Å². The van der Waals surface area contributed by atoms with Gasteiger partial charge in [-0.15, -0.1) is 0 Å². The molecule has 46 heteroatoms. The van der Waals surface area contributed by atoms with Crippen LogP contribution in [-0.4, -0.2) is 413 Å². The molecule has 140 heavy (non-hydrogen) atoms. The Morgan fingerprint density at radius 2 is 0.786 bits per heavy atom. The van der Waals surface area contributed by atoms with Gasteiger partial charge >= 0.3 is 17.9 Å². The lowest BCUT2D eigenvalue weighted by atomic mass is 9.86. The fourth-order valence-corrected chi connectivity index (χ4v) is 18.7. The van der Waals surface area contributed by atoms with Gasteiger partial charge in [-0.05, 0) is 51.9 Å². The van der Waals surface area contributed by atoms with E-state index in [1.807, 2.05) is 0 Å². The molecule has 6 heterocycles. The summed E-state index contributed by atoms with van der Waals surface area (Å²) >= 11 is 0. The summed E-state index contributed by atoms with van der Waals surface area (Å²) in [4.78, 5) is 107. The van der Waals surface area contributed by atoms with Crippen LogP contribution in [0.5, 0.6) is 0 Å². The lowest BCUT2D eigenvalue weighted by Crippen LogP contribution is -2.72. The van der Waals surface area contributed by atoms with Crippen LogP contribution in [-0.2, 0) is 95.2 Å². The Morgan fingerprint density at radius 3 is 1.19 bits per heavy atom. The molecule has 0 aromatic heterocycles. The van der Waals surface area contributed by atoms with Crippen molar-refractivity contribution in [2.45, 2.75) is 467 Å². The van der Waals surface area contributed by atoms with Crippen molar-refractivity contribution in [3.8, 4) is 0 Å². The van der Waals surface area contributed by atoms with Gasteiger partial charge in [0.25, 0.3) is 17.4 Å². The molecular formula is C94H162N4O42. The van der Waals surface area contributed by atoms with Crippen molar-refractivity contribution < 1.29 is 208 Å². The molecule has 0 aromatic rings. The number of amides is 4. The summed E-state index contributed by atoms with van der Waals surface area (Å²) in [5.41, 5.74) is 0. The Bertz CT molecular complexity index is 3700. The number of rotatable bonds is 67. The zero-order valence-electron chi connectivity index (χ0n) is 81.3. The van der Waals surface area contributed by atoms with E-state index in [4.69, 9.17) is 56.8 Å². The zero-order chi connectivity index (χ0) is 104. The Balaban J connectivity index is 1.30. The second-order valence-corrected chi connectivity index (χ2v) is 37.8. The predicted octanol–water partition coefficient (Wildman–Crippen LogP) is -2.09. The van der Waals surface area contributed by atoms with Crippen LogP contribution >= 0.6 is 0 Å². The third kappa shape index (κ3) is 36.4. The molecular weight excluding hydrogens is 1860 g/mol. The highest BCUT2D eigenvalue weighted by Crippen LogP contribution is 2.45. The fourth-order valence-electron chi connectivity index (χ4n) is 18.7. The summed E-state index contributed by atoms with van der Waals surface area (Å²) in [5.74, 6) is -23.6. The number of allylic oxidation sites excluding steroid dienone is 3. The minimum atomic E-state index is -3.71. The molecule has 0 bridgehead atoms. The standard InChI is InChI=1S/C94H162N4O42/c1-7-9-11-13-15-17-19-21-22-23-24-25-26-28-30-32-34-36-38-40-68(114)98-57(58(109)39-37-35-33-31-29-27-20-18-16-14-12-10-8-2)51-129-87-78(121)77(120)80(66(49-103)131-87)133-88-79(122)85(81(67(50-104)132-88)134-86-56(41-52(3)105)72(115)74(117)63(46-100)130-86)140-94(91(127)128)44-61(112)71(97-55(6)108)84(139-94)76(119)65(48-102)136-93(90(125)126)43-60(111)70(96-54(5)107)83(138-93)75(118)64(47-101)135-92(89(123)124)42-59(110)69(95-53(4)106)82(137-92)73(116)62(113)45-99/h21-22,37,39,56-67,69-88,99-104,109-113,115-122H,7-20,23-36,38,40-51H2,1-6H3,(H,95,106)(H,96,107)(H,97,108)(H,98,114)(H,123,124)(H,125,126)(H,127,128)/t56-,57+,58-,59+,60+,61+,62-,63-,64-,65-,66-,67-,69-,70-,71-,72-,73-,74+,75-,76-,77-,78-,79-,80-,81+,82?,83?,84?,85-,86+,87-,88+,92-,93-,94+/m1/s1. The maximum absolute atomic E-state index is 14.5. The summed E-state index contributed by atoms with van der Waals surface area (Å²) in [6, 6.07) is -7.30. The van der Waals surface area contributed by atoms with E-state index in [0.29, 0.717) is 12.8 Å². The van der Waals surface area contributed by atoms with Gasteiger partial charge in [-0.3, -0.25) is 19.2 Å². The van der Waals surface area contributed by atoms with Crippen LogP contribution in [0.2, 0.25) is 0 Å². The normalized spacial score (nSPS) is 33.4. The fraction of sp³-hybridized carbons (Fsp3) is 0.872. The van der Waals surface area contributed by atoms with Crippen molar-refractivity contribution in [3.63, 3.8) is 0 Å². The Morgan fingerprint density at radius 1 is 0.407 bits per heavy atom. The molecule has 6 fully saturated rings. The molecule has 0 radical (unpaired) electrons. The molecule has 6 saturated heterocycles. The van der Waals surface area contributed by atoms with E-state index in [-0.39, 0.29) is 6.42 Å². The first-order chi connectivity index (χ1) is 66.6. The first kappa shape index (κ1) is 123. The quantitative estimate of drug-likeness (QED) is 0.0229. The summed E-state index contributed by atoms with van der Waals surface area (Å²) in [6.45, 7) is -0.595. The number of hydrogen-bond acceptors (Lipinski definition) is 39. The van der Waals surface area contributed by atoms with Gasteiger partial charge in [0.05, 0.1) is 101 Å². The van der Waals surface area contributed by atoms with Crippen molar-refractivity contribution in [1.29, 1.82) is 0 Å². The summed E-state index contributed by atoms with van der Waals surface area (Å²) in [5, 5.41) is 261. The molecule has 6 rings (SSSR count). The Hall–Kier alpha value is -5.80. The van der Waals surface area contributed by atoms with Crippen molar-refractivity contribution in [1.82, 2.24) is 21.3 Å². The summed E-state index contributed by atoms with van der Waals surface area (Å²) < 4.78 is 72.0. The average molecular weight is 2020 g/mol. The number of unbranched alkanes of at least 4 members (excludes halogenated alkanes) is 26. The number of carbonyl (C=O) groups excluding carboxylic acids is 5. The Kier molecular flexibility index (Phi) is 54.7. The van der Waals surface area contributed by atoms with Gasteiger partial charge < -0.3 is 195 Å². The number of aliphatic carboxylic acids is 3. The van der Waals surface area contributed by atoms with E-state index >= 15 is 0 Å². The minimum Gasteiger partial charge on any atom is -0.477 e. The van der Waals surface area contributed by atoms with Crippen LogP contribution < -0.4 is 21.3 Å². The molecule has 26 N–H and O–H groups in total. The molecule has 6 aliphatic heterocycles. The minimum absolute atomic E-state index is 0.0771. The maximum atomic E-state index is 14.5. The molecule has 35 atom stereocenters. The molecule has 810 valence electrons. The van der Waals surface area contributed by atoms with E-state index < -0.39 is 332 Å². The monoisotopic (exact) mass is 2020 g/mol. The van der Waals surface area contributed by atoms with E-state index in [0.717, 1.165) is 124 Å². The maximum Gasteiger partial charge on any atom is 0.364 e. The highest BCUT2D eigenvalue weighted by atomic mass is 16.8. The van der Waals surface area contributed by atoms with Gasteiger partial charge in [0.1, 0.15) is 122 Å². The molecule has 4 amide bonds. The number of carboxylic acids is 3. The predicted molar refractivity (Wildman–Crippen MR) is 488 cm³/mol. The molecule has 6 aliphatic rings. The van der Waals surface area contributed by atoms with Gasteiger partial charge in [-0.2, -0.15) is 0 Å². The number of carboxylic acid groups (broad SMARTS) is 3. The Labute approximate surface area is 816 Å². The second kappa shape index (κ2) is 62.4. The van der Waals surface area contributed by atoms with Gasteiger partial charge in [0.2, 0.25) is 23.6 Å². The third-order valence-corrected chi connectivity index (χ3v) is 26.4. The van der Waals surface area contributed by atoms with Gasteiger partial charge in [0, 0.05) is 58.8 Å². The van der Waals surface area contributed by atoms with E-state index in [1.165, 1.54) is 83.1 Å². The lowest BCUT2D eigenvalue weighted by Gasteiger charge is -2.53. The van der Waals surface area contributed by atoms with Crippen LogP contribution in [0.1, 0.15) is 260 Å². The largest absolute Gasteiger partial charge is 0.477 e. The topological polar surface area (TPSA) is 741 Å². The number of carbonyl (C=O) groups is 8. The van der Waals surface area contributed by atoms with Crippen LogP contribution in [0.4, 0.5) is 0 Å².